The number of aromatic nitrogens is 1. The second kappa shape index (κ2) is 9.30. The summed E-state index contributed by atoms with van der Waals surface area (Å²) in [5.41, 5.74) is 3.14. The van der Waals surface area contributed by atoms with E-state index in [0.717, 1.165) is 30.0 Å². The maximum atomic E-state index is 14.9. The van der Waals surface area contributed by atoms with Crippen molar-refractivity contribution in [3.05, 3.63) is 71.7 Å². The summed E-state index contributed by atoms with van der Waals surface area (Å²) in [6, 6.07) is 14.2. The third-order valence-electron chi connectivity index (χ3n) is 6.29. The first-order chi connectivity index (χ1) is 16.5. The molecule has 1 amide bonds. The molecule has 0 bridgehead atoms. The van der Waals surface area contributed by atoms with Crippen LogP contribution < -0.4 is 19.9 Å². The Bertz CT molecular complexity index is 1200. The standard InChI is InChI=1S/C26H27FN4O3/c1-17-6-9-24(28-15-17)31-12-13-34-25-20(4-3-5-23(25)31)26(32)29-18-7-8-22(21(27)14-18)30-11-10-19(16-30)33-2/h3-9,14-15,19H,10-13,16H2,1-2H3,(H,29,32). The van der Waals surface area contributed by atoms with Crippen molar-refractivity contribution in [3.63, 3.8) is 0 Å². The zero-order valence-corrected chi connectivity index (χ0v) is 19.3. The van der Waals surface area contributed by atoms with Gasteiger partial charge in [0.25, 0.3) is 5.91 Å². The van der Waals surface area contributed by atoms with Crippen molar-refractivity contribution >= 4 is 28.8 Å². The molecule has 2 aliphatic rings. The van der Waals surface area contributed by atoms with Crippen LogP contribution in [-0.2, 0) is 4.74 Å². The number of hydrogen-bond acceptors (Lipinski definition) is 6. The summed E-state index contributed by atoms with van der Waals surface area (Å²) in [5.74, 6) is 0.553. The normalized spacial score (nSPS) is 17.3. The van der Waals surface area contributed by atoms with E-state index < -0.39 is 0 Å². The second-order valence-corrected chi connectivity index (χ2v) is 8.56. The minimum Gasteiger partial charge on any atom is -0.489 e. The molecule has 2 aromatic carbocycles. The second-order valence-electron chi connectivity index (χ2n) is 8.56. The van der Waals surface area contributed by atoms with Crippen LogP contribution in [0.4, 0.5) is 27.3 Å². The summed E-state index contributed by atoms with van der Waals surface area (Å²) >= 11 is 0. The predicted molar refractivity (Wildman–Crippen MR) is 130 cm³/mol. The summed E-state index contributed by atoms with van der Waals surface area (Å²) in [5, 5.41) is 2.81. The largest absolute Gasteiger partial charge is 0.489 e. The lowest BCUT2D eigenvalue weighted by molar-refractivity contribution is 0.102. The van der Waals surface area contributed by atoms with E-state index >= 15 is 0 Å². The van der Waals surface area contributed by atoms with Crippen LogP contribution in [0.3, 0.4) is 0 Å². The summed E-state index contributed by atoms with van der Waals surface area (Å²) < 4.78 is 26.1. The molecule has 1 atom stereocenters. The Morgan fingerprint density at radius 1 is 1.18 bits per heavy atom. The number of nitrogens with zero attached hydrogens (tertiary/aromatic N) is 3. The quantitative estimate of drug-likeness (QED) is 0.601. The minimum atomic E-state index is -0.377. The van der Waals surface area contributed by atoms with Gasteiger partial charge in [-0.3, -0.25) is 4.79 Å². The van der Waals surface area contributed by atoms with E-state index in [0.29, 0.717) is 42.4 Å². The highest BCUT2D eigenvalue weighted by atomic mass is 19.1. The number of halogens is 1. The van der Waals surface area contributed by atoms with E-state index in [4.69, 9.17) is 9.47 Å². The van der Waals surface area contributed by atoms with Gasteiger partial charge in [-0.05, 0) is 55.3 Å². The van der Waals surface area contributed by atoms with Gasteiger partial charge in [0.05, 0.1) is 29.6 Å². The number of nitrogens with one attached hydrogen (secondary N) is 1. The number of carbonyl (C=O) groups is 1. The van der Waals surface area contributed by atoms with Gasteiger partial charge in [0.15, 0.2) is 5.75 Å². The van der Waals surface area contributed by atoms with Crippen LogP contribution in [0.25, 0.3) is 0 Å². The number of aryl methyl sites for hydroxylation is 1. The van der Waals surface area contributed by atoms with Gasteiger partial charge in [-0.2, -0.15) is 0 Å². The Morgan fingerprint density at radius 3 is 2.79 bits per heavy atom. The first kappa shape index (κ1) is 22.2. The number of pyridine rings is 1. The van der Waals surface area contributed by atoms with Crippen LogP contribution >= 0.6 is 0 Å². The van der Waals surface area contributed by atoms with Crippen molar-refractivity contribution in [2.75, 3.05) is 48.5 Å². The lowest BCUT2D eigenvalue weighted by Gasteiger charge is -2.31. The van der Waals surface area contributed by atoms with Crippen LogP contribution in [0, 0.1) is 12.7 Å². The fourth-order valence-corrected chi connectivity index (χ4v) is 4.46. The molecule has 176 valence electrons. The first-order valence-electron chi connectivity index (χ1n) is 11.4. The maximum absolute atomic E-state index is 14.9. The maximum Gasteiger partial charge on any atom is 0.259 e. The SMILES string of the molecule is COC1CCN(c2ccc(NC(=O)c3cccc4c3OCCN4c3ccc(C)cn3)cc2F)C1. The van der Waals surface area contributed by atoms with E-state index in [1.165, 1.54) is 6.07 Å². The Morgan fingerprint density at radius 2 is 2.06 bits per heavy atom. The molecule has 1 unspecified atom stereocenters. The van der Waals surface area contributed by atoms with Gasteiger partial charge < -0.3 is 24.6 Å². The van der Waals surface area contributed by atoms with Gasteiger partial charge in [0.2, 0.25) is 0 Å². The zero-order valence-electron chi connectivity index (χ0n) is 19.3. The van der Waals surface area contributed by atoms with Crippen LogP contribution in [-0.4, -0.2) is 50.3 Å². The summed E-state index contributed by atoms with van der Waals surface area (Å²) in [4.78, 5) is 21.7. The number of amides is 1. The molecule has 1 saturated heterocycles. The van der Waals surface area contributed by atoms with Crippen LogP contribution in [0.5, 0.6) is 5.75 Å². The molecule has 1 fully saturated rings. The molecule has 0 aliphatic carbocycles. The molecule has 1 N–H and O–H groups in total. The van der Waals surface area contributed by atoms with Crippen molar-refractivity contribution < 1.29 is 18.7 Å². The summed E-state index contributed by atoms with van der Waals surface area (Å²) in [6.45, 7) is 4.43. The van der Waals surface area contributed by atoms with Crippen LogP contribution in [0.1, 0.15) is 22.3 Å². The van der Waals surface area contributed by atoms with Gasteiger partial charge in [0, 0.05) is 32.1 Å². The van der Waals surface area contributed by atoms with Crippen molar-refractivity contribution in [1.29, 1.82) is 0 Å². The molecule has 0 saturated carbocycles. The molecule has 0 spiro atoms. The van der Waals surface area contributed by atoms with Crippen LogP contribution in [0.2, 0.25) is 0 Å². The lowest BCUT2D eigenvalue weighted by Crippen LogP contribution is -2.30. The van der Waals surface area contributed by atoms with Crippen molar-refractivity contribution in [2.24, 2.45) is 0 Å². The molecule has 34 heavy (non-hydrogen) atoms. The molecular weight excluding hydrogens is 435 g/mol. The number of para-hydroxylation sites is 1. The van der Waals surface area contributed by atoms with Crippen molar-refractivity contribution in [1.82, 2.24) is 4.98 Å². The number of rotatable bonds is 5. The number of hydrogen-bond donors (Lipinski definition) is 1. The molecule has 0 radical (unpaired) electrons. The third kappa shape index (κ3) is 4.28. The number of carbonyl (C=O) groups excluding carboxylic acids is 1. The van der Waals surface area contributed by atoms with Crippen molar-refractivity contribution in [3.8, 4) is 5.75 Å². The van der Waals surface area contributed by atoms with E-state index in [1.54, 1.807) is 25.3 Å². The summed E-state index contributed by atoms with van der Waals surface area (Å²) in [7, 11) is 1.67. The smallest absolute Gasteiger partial charge is 0.259 e. The molecule has 7 nitrogen and oxygen atoms in total. The number of methoxy groups -OCH3 is 1. The molecule has 2 aliphatic heterocycles. The highest BCUT2D eigenvalue weighted by Gasteiger charge is 2.27. The summed E-state index contributed by atoms with van der Waals surface area (Å²) in [6.07, 6.45) is 2.79. The van der Waals surface area contributed by atoms with E-state index in [2.05, 4.69) is 10.3 Å². The molecule has 5 rings (SSSR count). The fraction of sp³-hybridized carbons (Fsp3) is 0.308. The highest BCUT2D eigenvalue weighted by Crippen LogP contribution is 2.39. The average molecular weight is 463 g/mol. The lowest BCUT2D eigenvalue weighted by atomic mass is 10.1. The minimum absolute atomic E-state index is 0.109. The highest BCUT2D eigenvalue weighted by molar-refractivity contribution is 6.07. The Labute approximate surface area is 198 Å². The number of fused-ring (bicyclic) bond motifs is 1. The Kier molecular flexibility index (Phi) is 6.06. The molecule has 1 aromatic heterocycles. The van der Waals surface area contributed by atoms with Gasteiger partial charge in [-0.25, -0.2) is 9.37 Å². The Balaban J connectivity index is 1.36. The van der Waals surface area contributed by atoms with Gasteiger partial charge in [-0.15, -0.1) is 0 Å². The predicted octanol–water partition coefficient (Wildman–Crippen LogP) is 4.54. The van der Waals surface area contributed by atoms with Gasteiger partial charge in [-0.1, -0.05) is 12.1 Å². The molecule has 8 heteroatoms. The van der Waals surface area contributed by atoms with Gasteiger partial charge in [0.1, 0.15) is 18.2 Å². The first-order valence-corrected chi connectivity index (χ1v) is 11.4. The fourth-order valence-electron chi connectivity index (χ4n) is 4.46. The zero-order chi connectivity index (χ0) is 23.7. The monoisotopic (exact) mass is 462 g/mol. The van der Waals surface area contributed by atoms with E-state index in [1.807, 2.05) is 47.2 Å². The number of anilines is 4. The molecule has 3 aromatic rings. The number of benzene rings is 2. The van der Waals surface area contributed by atoms with E-state index in [9.17, 15) is 9.18 Å². The topological polar surface area (TPSA) is 66.9 Å². The average Bonchev–Trinajstić information content (AvgIpc) is 3.33. The van der Waals surface area contributed by atoms with Gasteiger partial charge >= 0.3 is 0 Å². The van der Waals surface area contributed by atoms with E-state index in [-0.39, 0.29) is 17.8 Å². The third-order valence-corrected chi connectivity index (χ3v) is 6.29. The molecule has 3 heterocycles. The van der Waals surface area contributed by atoms with Crippen molar-refractivity contribution in [2.45, 2.75) is 19.4 Å². The van der Waals surface area contributed by atoms with Crippen LogP contribution in [0.15, 0.2) is 54.7 Å². The Hall–Kier alpha value is -3.65. The molecular formula is C26H27FN4O3. The number of ether oxygens (including phenoxy) is 2.